The summed E-state index contributed by atoms with van der Waals surface area (Å²) in [6.07, 6.45) is 11.7. The average Bonchev–Trinajstić information content (AvgIpc) is 2.37. The molecular weight excluding hydrogens is 244 g/mol. The van der Waals surface area contributed by atoms with Crippen LogP contribution in [-0.2, 0) is 9.59 Å². The molecule has 0 saturated carbocycles. The van der Waals surface area contributed by atoms with Gasteiger partial charge in [0, 0.05) is 12.8 Å². The van der Waals surface area contributed by atoms with Crippen LogP contribution in [0.5, 0.6) is 0 Å². The van der Waals surface area contributed by atoms with E-state index in [1.54, 1.807) is 6.92 Å². The van der Waals surface area contributed by atoms with Crippen LogP contribution in [-0.4, -0.2) is 22.2 Å². The summed E-state index contributed by atoms with van der Waals surface area (Å²) in [5, 5.41) is 16.1. The van der Waals surface area contributed by atoms with E-state index in [2.05, 4.69) is 6.92 Å². The normalized spacial score (nSPS) is 9.58. The quantitative estimate of drug-likeness (QED) is 0.545. The topological polar surface area (TPSA) is 74.6 Å². The summed E-state index contributed by atoms with van der Waals surface area (Å²) in [6, 6.07) is 0. The molecule has 0 unspecified atom stereocenters. The molecule has 0 aliphatic carbocycles. The van der Waals surface area contributed by atoms with Crippen LogP contribution in [0.1, 0.15) is 84.5 Å². The summed E-state index contributed by atoms with van der Waals surface area (Å²) in [7, 11) is 0. The summed E-state index contributed by atoms with van der Waals surface area (Å²) >= 11 is 0. The van der Waals surface area contributed by atoms with Crippen molar-refractivity contribution in [1.82, 2.24) is 0 Å². The summed E-state index contributed by atoms with van der Waals surface area (Å²) in [4.78, 5) is 19.6. The molecule has 0 aromatic heterocycles. The molecule has 0 aromatic carbocycles. The zero-order valence-corrected chi connectivity index (χ0v) is 12.5. The van der Waals surface area contributed by atoms with E-state index in [1.165, 1.54) is 44.9 Å². The van der Waals surface area contributed by atoms with Crippen molar-refractivity contribution in [3.8, 4) is 0 Å². The molecule has 0 aliphatic rings. The standard InChI is InChI=1S/C12H24O2.C3H6O2/c1-2-3-4-5-6-7-8-9-10-11-12(13)14;1-2-3(4)5/h2-11H2,1H3,(H,13,14);2H2,1H3,(H,4,5). The molecule has 0 amide bonds. The smallest absolute Gasteiger partial charge is 0.303 e. The van der Waals surface area contributed by atoms with Gasteiger partial charge in [0.2, 0.25) is 0 Å². The summed E-state index contributed by atoms with van der Waals surface area (Å²) < 4.78 is 0. The van der Waals surface area contributed by atoms with Gasteiger partial charge in [0.1, 0.15) is 0 Å². The van der Waals surface area contributed by atoms with E-state index in [1.807, 2.05) is 0 Å². The molecule has 0 saturated heterocycles. The van der Waals surface area contributed by atoms with E-state index in [4.69, 9.17) is 10.2 Å². The molecule has 0 aliphatic heterocycles. The van der Waals surface area contributed by atoms with Crippen molar-refractivity contribution in [3.63, 3.8) is 0 Å². The van der Waals surface area contributed by atoms with Crippen LogP contribution in [0.3, 0.4) is 0 Å². The predicted octanol–water partition coefficient (Wildman–Crippen LogP) is 4.47. The molecular formula is C15H30O4. The Hall–Kier alpha value is -1.06. The number of carboxylic acid groups (broad SMARTS) is 2. The highest BCUT2D eigenvalue weighted by molar-refractivity contribution is 5.66. The Kier molecular flexibility index (Phi) is 18.1. The maximum atomic E-state index is 10.2. The third kappa shape index (κ3) is 26.5. The van der Waals surface area contributed by atoms with Gasteiger partial charge >= 0.3 is 11.9 Å². The van der Waals surface area contributed by atoms with E-state index in [0.717, 1.165) is 12.8 Å². The molecule has 0 fully saturated rings. The lowest BCUT2D eigenvalue weighted by Gasteiger charge is -2.00. The van der Waals surface area contributed by atoms with Crippen LogP contribution in [0.2, 0.25) is 0 Å². The Bertz CT molecular complexity index is 214. The number of carboxylic acids is 2. The van der Waals surface area contributed by atoms with Gasteiger partial charge in [-0.05, 0) is 6.42 Å². The molecule has 4 heteroatoms. The molecule has 114 valence electrons. The molecule has 4 nitrogen and oxygen atoms in total. The first-order chi connectivity index (χ1) is 9.04. The maximum Gasteiger partial charge on any atom is 0.303 e. The fourth-order valence-electron chi connectivity index (χ4n) is 1.59. The largest absolute Gasteiger partial charge is 0.481 e. The monoisotopic (exact) mass is 274 g/mol. The minimum absolute atomic E-state index is 0.222. The molecule has 0 atom stereocenters. The van der Waals surface area contributed by atoms with E-state index >= 15 is 0 Å². The summed E-state index contributed by atoms with van der Waals surface area (Å²) in [5.41, 5.74) is 0. The van der Waals surface area contributed by atoms with Gasteiger partial charge in [0.05, 0.1) is 0 Å². The molecule has 0 bridgehead atoms. The Morgan fingerprint density at radius 2 is 1.05 bits per heavy atom. The third-order valence-electron chi connectivity index (χ3n) is 2.80. The lowest BCUT2D eigenvalue weighted by molar-refractivity contribution is -0.137. The van der Waals surface area contributed by atoms with Crippen molar-refractivity contribution in [2.75, 3.05) is 0 Å². The average molecular weight is 274 g/mol. The van der Waals surface area contributed by atoms with Gasteiger partial charge in [-0.15, -0.1) is 0 Å². The molecule has 19 heavy (non-hydrogen) atoms. The van der Waals surface area contributed by atoms with Crippen LogP contribution in [0.25, 0.3) is 0 Å². The highest BCUT2D eigenvalue weighted by atomic mass is 16.4. The first kappa shape index (κ1) is 20.3. The molecule has 0 rings (SSSR count). The number of unbranched alkanes of at least 4 members (excludes halogenated alkanes) is 8. The van der Waals surface area contributed by atoms with Gasteiger partial charge in [0.25, 0.3) is 0 Å². The van der Waals surface area contributed by atoms with E-state index in [-0.39, 0.29) is 6.42 Å². The maximum absolute atomic E-state index is 10.2. The minimum atomic E-state index is -0.745. The second-order valence-corrected chi connectivity index (χ2v) is 4.72. The van der Waals surface area contributed by atoms with Crippen molar-refractivity contribution >= 4 is 11.9 Å². The van der Waals surface area contributed by atoms with Crippen molar-refractivity contribution in [2.45, 2.75) is 84.5 Å². The lowest BCUT2D eigenvalue weighted by Crippen LogP contribution is -1.93. The van der Waals surface area contributed by atoms with Crippen LogP contribution >= 0.6 is 0 Å². The molecule has 0 spiro atoms. The molecule has 0 heterocycles. The Labute approximate surface area is 117 Å². The van der Waals surface area contributed by atoms with Crippen LogP contribution < -0.4 is 0 Å². The van der Waals surface area contributed by atoms with Crippen molar-refractivity contribution in [2.24, 2.45) is 0 Å². The van der Waals surface area contributed by atoms with Crippen LogP contribution in [0.15, 0.2) is 0 Å². The second-order valence-electron chi connectivity index (χ2n) is 4.72. The fraction of sp³-hybridized carbons (Fsp3) is 0.867. The number of rotatable bonds is 11. The lowest BCUT2D eigenvalue weighted by atomic mass is 10.1. The SMILES string of the molecule is CCC(=O)O.CCCCCCCCCCCC(=O)O. The highest BCUT2D eigenvalue weighted by Crippen LogP contribution is 2.10. The van der Waals surface area contributed by atoms with Crippen LogP contribution in [0, 0.1) is 0 Å². The van der Waals surface area contributed by atoms with Gasteiger partial charge < -0.3 is 10.2 Å². The number of hydrogen-bond acceptors (Lipinski definition) is 2. The molecule has 0 aromatic rings. The van der Waals surface area contributed by atoms with E-state index in [9.17, 15) is 9.59 Å². The first-order valence-electron chi connectivity index (χ1n) is 7.48. The minimum Gasteiger partial charge on any atom is -0.481 e. The predicted molar refractivity (Wildman–Crippen MR) is 77.4 cm³/mol. The van der Waals surface area contributed by atoms with Crippen LogP contribution in [0.4, 0.5) is 0 Å². The van der Waals surface area contributed by atoms with Crippen molar-refractivity contribution < 1.29 is 19.8 Å². The summed E-state index contributed by atoms with van der Waals surface area (Å²) in [5.74, 6) is -1.40. The van der Waals surface area contributed by atoms with Gasteiger partial charge in [0.15, 0.2) is 0 Å². The second kappa shape index (κ2) is 16.9. The fourth-order valence-corrected chi connectivity index (χ4v) is 1.59. The first-order valence-corrected chi connectivity index (χ1v) is 7.48. The van der Waals surface area contributed by atoms with E-state index < -0.39 is 11.9 Å². The zero-order chi connectivity index (χ0) is 14.9. The van der Waals surface area contributed by atoms with Crippen molar-refractivity contribution in [3.05, 3.63) is 0 Å². The van der Waals surface area contributed by atoms with Gasteiger partial charge in [-0.25, -0.2) is 0 Å². The van der Waals surface area contributed by atoms with Gasteiger partial charge in [-0.1, -0.05) is 65.2 Å². The van der Waals surface area contributed by atoms with E-state index in [0.29, 0.717) is 6.42 Å². The van der Waals surface area contributed by atoms with Gasteiger partial charge in [-0.2, -0.15) is 0 Å². The number of aliphatic carboxylic acids is 2. The zero-order valence-electron chi connectivity index (χ0n) is 12.5. The Morgan fingerprint density at radius 3 is 1.37 bits per heavy atom. The summed E-state index contributed by atoms with van der Waals surface area (Å²) in [6.45, 7) is 3.83. The Morgan fingerprint density at radius 1 is 0.684 bits per heavy atom. The number of hydrogen-bond donors (Lipinski definition) is 2. The van der Waals surface area contributed by atoms with Gasteiger partial charge in [-0.3, -0.25) is 9.59 Å². The third-order valence-corrected chi connectivity index (χ3v) is 2.80. The molecule has 2 N–H and O–H groups in total. The van der Waals surface area contributed by atoms with Crippen molar-refractivity contribution in [1.29, 1.82) is 0 Å². The number of carbonyl (C=O) groups is 2. The molecule has 0 radical (unpaired) electrons. The Balaban J connectivity index is 0. The highest BCUT2D eigenvalue weighted by Gasteiger charge is 1.96.